The number of hydrogen-bond donors (Lipinski definition) is 1. The Hall–Kier alpha value is -1.64. The van der Waals surface area contributed by atoms with Crippen molar-refractivity contribution >= 4 is 12.0 Å². The van der Waals surface area contributed by atoms with Crippen LogP contribution >= 0.6 is 0 Å². The fraction of sp³-hybridized carbons (Fsp3) is 0.250. The summed E-state index contributed by atoms with van der Waals surface area (Å²) in [5.74, 6) is -1.21. The van der Waals surface area contributed by atoms with Crippen molar-refractivity contribution in [1.29, 1.82) is 0 Å². The van der Waals surface area contributed by atoms with Gasteiger partial charge in [-0.1, -0.05) is 23.8 Å². The average molecular weight is 206 g/mol. The molecule has 0 atom stereocenters. The molecule has 0 unspecified atom stereocenters. The Morgan fingerprint density at radius 3 is 2.47 bits per heavy atom. The average Bonchev–Trinajstić information content (AvgIpc) is 2.13. The number of carboxylic acids is 1. The molecule has 1 aliphatic carbocycles. The number of allylic oxidation sites excluding steroid dienone is 1. The van der Waals surface area contributed by atoms with Gasteiger partial charge in [-0.05, 0) is 30.5 Å². The SMILES string of the molecule is O=C(O)C1CC(=Cc2ccc(F)cc2)C1. The van der Waals surface area contributed by atoms with E-state index in [1.54, 1.807) is 12.1 Å². The summed E-state index contributed by atoms with van der Waals surface area (Å²) in [4.78, 5) is 10.5. The van der Waals surface area contributed by atoms with E-state index in [1.165, 1.54) is 12.1 Å². The molecule has 0 aliphatic heterocycles. The maximum Gasteiger partial charge on any atom is 0.307 e. The van der Waals surface area contributed by atoms with Gasteiger partial charge >= 0.3 is 5.97 Å². The smallest absolute Gasteiger partial charge is 0.307 e. The fourth-order valence-corrected chi connectivity index (χ4v) is 1.66. The predicted molar refractivity (Wildman–Crippen MR) is 54.7 cm³/mol. The Labute approximate surface area is 87.0 Å². The Morgan fingerprint density at radius 1 is 1.33 bits per heavy atom. The highest BCUT2D eigenvalue weighted by atomic mass is 19.1. The minimum atomic E-state index is -0.730. The van der Waals surface area contributed by atoms with Crippen LogP contribution in [-0.4, -0.2) is 11.1 Å². The summed E-state index contributed by atoms with van der Waals surface area (Å²) in [6, 6.07) is 6.19. The van der Waals surface area contributed by atoms with E-state index in [0.717, 1.165) is 11.1 Å². The molecule has 1 N–H and O–H groups in total. The van der Waals surface area contributed by atoms with Crippen molar-refractivity contribution in [2.24, 2.45) is 5.92 Å². The highest BCUT2D eigenvalue weighted by Gasteiger charge is 2.28. The van der Waals surface area contributed by atoms with Crippen LogP contribution in [0, 0.1) is 11.7 Å². The van der Waals surface area contributed by atoms with Crippen molar-refractivity contribution < 1.29 is 14.3 Å². The van der Waals surface area contributed by atoms with Crippen LogP contribution in [0.15, 0.2) is 29.8 Å². The Kier molecular flexibility index (Phi) is 2.54. The molecule has 1 aromatic rings. The molecule has 15 heavy (non-hydrogen) atoms. The minimum absolute atomic E-state index is 0.225. The van der Waals surface area contributed by atoms with E-state index in [0.29, 0.717) is 12.8 Å². The van der Waals surface area contributed by atoms with E-state index >= 15 is 0 Å². The summed E-state index contributed by atoms with van der Waals surface area (Å²) in [5, 5.41) is 8.68. The van der Waals surface area contributed by atoms with Crippen LogP contribution in [0.5, 0.6) is 0 Å². The summed E-state index contributed by atoms with van der Waals surface area (Å²) < 4.78 is 12.6. The zero-order valence-corrected chi connectivity index (χ0v) is 8.11. The zero-order chi connectivity index (χ0) is 10.8. The van der Waals surface area contributed by atoms with Gasteiger partial charge in [0.15, 0.2) is 0 Å². The Balaban J connectivity index is 2.01. The lowest BCUT2D eigenvalue weighted by atomic mass is 9.79. The van der Waals surface area contributed by atoms with Gasteiger partial charge in [-0.3, -0.25) is 4.79 Å². The summed E-state index contributed by atoms with van der Waals surface area (Å²) in [6.07, 6.45) is 3.16. The van der Waals surface area contributed by atoms with Gasteiger partial charge in [-0.2, -0.15) is 0 Å². The van der Waals surface area contributed by atoms with Crippen LogP contribution in [0.4, 0.5) is 4.39 Å². The third-order valence-corrected chi connectivity index (χ3v) is 2.61. The van der Waals surface area contributed by atoms with Crippen LogP contribution in [0.2, 0.25) is 0 Å². The van der Waals surface area contributed by atoms with Crippen LogP contribution < -0.4 is 0 Å². The van der Waals surface area contributed by atoms with E-state index < -0.39 is 5.97 Å². The van der Waals surface area contributed by atoms with Crippen LogP contribution in [0.3, 0.4) is 0 Å². The first-order valence-corrected chi connectivity index (χ1v) is 4.83. The second kappa shape index (κ2) is 3.85. The third-order valence-electron chi connectivity index (χ3n) is 2.61. The number of halogens is 1. The standard InChI is InChI=1S/C12H11FO2/c13-11-3-1-8(2-4-11)5-9-6-10(7-9)12(14)15/h1-5,10H,6-7H2,(H,14,15). The zero-order valence-electron chi connectivity index (χ0n) is 8.11. The van der Waals surface area contributed by atoms with Crippen LogP contribution in [0.1, 0.15) is 18.4 Å². The highest BCUT2D eigenvalue weighted by molar-refractivity contribution is 5.74. The number of carboxylic acid groups (broad SMARTS) is 1. The van der Waals surface area contributed by atoms with Gasteiger partial charge in [0.25, 0.3) is 0 Å². The molecular formula is C12H11FO2. The van der Waals surface area contributed by atoms with E-state index in [1.807, 2.05) is 6.08 Å². The van der Waals surface area contributed by atoms with Gasteiger partial charge in [0, 0.05) is 0 Å². The minimum Gasteiger partial charge on any atom is -0.481 e. The van der Waals surface area contributed by atoms with Crippen molar-refractivity contribution in [3.8, 4) is 0 Å². The van der Waals surface area contributed by atoms with Gasteiger partial charge in [0.05, 0.1) is 5.92 Å². The van der Waals surface area contributed by atoms with Crippen molar-refractivity contribution in [3.05, 3.63) is 41.2 Å². The van der Waals surface area contributed by atoms with Gasteiger partial charge in [-0.15, -0.1) is 0 Å². The molecule has 3 heteroatoms. The molecule has 0 amide bonds. The summed E-state index contributed by atoms with van der Waals surface area (Å²) in [5.41, 5.74) is 2.05. The molecule has 1 aromatic carbocycles. The summed E-state index contributed by atoms with van der Waals surface area (Å²) in [7, 11) is 0. The Bertz CT molecular complexity index is 398. The number of benzene rings is 1. The summed E-state index contributed by atoms with van der Waals surface area (Å²) in [6.45, 7) is 0. The molecule has 0 aromatic heterocycles. The molecule has 1 fully saturated rings. The number of carbonyl (C=O) groups is 1. The predicted octanol–water partition coefficient (Wildman–Crippen LogP) is 2.70. The van der Waals surface area contributed by atoms with E-state index in [9.17, 15) is 9.18 Å². The quantitative estimate of drug-likeness (QED) is 0.807. The molecule has 1 aliphatic rings. The van der Waals surface area contributed by atoms with Crippen molar-refractivity contribution in [3.63, 3.8) is 0 Å². The molecule has 2 nitrogen and oxygen atoms in total. The van der Waals surface area contributed by atoms with E-state index in [2.05, 4.69) is 0 Å². The van der Waals surface area contributed by atoms with E-state index in [-0.39, 0.29) is 11.7 Å². The molecule has 0 bridgehead atoms. The first-order valence-electron chi connectivity index (χ1n) is 4.83. The highest BCUT2D eigenvalue weighted by Crippen LogP contribution is 2.34. The maximum atomic E-state index is 12.6. The lowest BCUT2D eigenvalue weighted by Crippen LogP contribution is -2.23. The third kappa shape index (κ3) is 2.24. The van der Waals surface area contributed by atoms with Crippen molar-refractivity contribution in [2.75, 3.05) is 0 Å². The van der Waals surface area contributed by atoms with Crippen molar-refractivity contribution in [2.45, 2.75) is 12.8 Å². The molecule has 0 saturated heterocycles. The second-order valence-electron chi connectivity index (χ2n) is 3.80. The number of hydrogen-bond acceptors (Lipinski definition) is 1. The lowest BCUT2D eigenvalue weighted by molar-refractivity contribution is -0.143. The normalized spacial score (nSPS) is 19.5. The van der Waals surface area contributed by atoms with E-state index in [4.69, 9.17) is 5.11 Å². The molecular weight excluding hydrogens is 195 g/mol. The molecule has 2 rings (SSSR count). The first kappa shape index (κ1) is 9.90. The van der Waals surface area contributed by atoms with Gasteiger partial charge in [0.1, 0.15) is 5.82 Å². The van der Waals surface area contributed by atoms with Gasteiger partial charge in [-0.25, -0.2) is 4.39 Å². The summed E-state index contributed by atoms with van der Waals surface area (Å²) >= 11 is 0. The molecule has 1 saturated carbocycles. The van der Waals surface area contributed by atoms with Gasteiger partial charge in [0.2, 0.25) is 0 Å². The lowest BCUT2D eigenvalue weighted by Gasteiger charge is -2.25. The topological polar surface area (TPSA) is 37.3 Å². The number of aliphatic carboxylic acids is 1. The van der Waals surface area contributed by atoms with Crippen LogP contribution in [-0.2, 0) is 4.79 Å². The molecule has 0 heterocycles. The monoisotopic (exact) mass is 206 g/mol. The van der Waals surface area contributed by atoms with Crippen LogP contribution in [0.25, 0.3) is 6.08 Å². The Morgan fingerprint density at radius 2 is 1.93 bits per heavy atom. The number of rotatable bonds is 2. The second-order valence-corrected chi connectivity index (χ2v) is 3.80. The first-order chi connectivity index (χ1) is 7.15. The molecule has 78 valence electrons. The fourth-order valence-electron chi connectivity index (χ4n) is 1.66. The molecule has 0 spiro atoms. The molecule has 0 radical (unpaired) electrons. The van der Waals surface area contributed by atoms with Crippen molar-refractivity contribution in [1.82, 2.24) is 0 Å². The van der Waals surface area contributed by atoms with Gasteiger partial charge < -0.3 is 5.11 Å². The largest absolute Gasteiger partial charge is 0.481 e. The maximum absolute atomic E-state index is 12.6.